The van der Waals surface area contributed by atoms with Crippen LogP contribution in [0.2, 0.25) is 0 Å². The minimum Gasteiger partial charge on any atom is -0.494 e. The molecular weight excluding hydrogens is 402 g/mol. The maximum atomic E-state index is 13.1. The van der Waals surface area contributed by atoms with Crippen molar-refractivity contribution in [1.29, 1.82) is 0 Å². The van der Waals surface area contributed by atoms with E-state index in [1.54, 1.807) is 4.57 Å². The highest BCUT2D eigenvalue weighted by molar-refractivity contribution is 6.06. The zero-order chi connectivity index (χ0) is 21.9. The van der Waals surface area contributed by atoms with Crippen molar-refractivity contribution < 1.29 is 9.47 Å². The first-order valence-electron chi connectivity index (χ1n) is 12.0. The van der Waals surface area contributed by atoms with Crippen LogP contribution in [0.25, 0.3) is 21.7 Å². The molecule has 0 amide bonds. The Balaban J connectivity index is 1.29. The Hall–Kier alpha value is -2.57. The van der Waals surface area contributed by atoms with Crippen LogP contribution in [-0.4, -0.2) is 66.8 Å². The summed E-state index contributed by atoms with van der Waals surface area (Å²) in [5.74, 6) is 1.58. The Bertz CT molecular complexity index is 1150. The molecule has 2 saturated heterocycles. The van der Waals surface area contributed by atoms with Gasteiger partial charge in [-0.3, -0.25) is 4.79 Å². The van der Waals surface area contributed by atoms with Crippen molar-refractivity contribution in [3.8, 4) is 11.5 Å². The summed E-state index contributed by atoms with van der Waals surface area (Å²) in [5.41, 5.74) is 0.888. The fourth-order valence-electron chi connectivity index (χ4n) is 4.59. The number of hydrogen-bond donors (Lipinski definition) is 0. The van der Waals surface area contributed by atoms with Crippen molar-refractivity contribution in [3.63, 3.8) is 0 Å². The molecule has 0 spiro atoms. The van der Waals surface area contributed by atoms with Crippen LogP contribution >= 0.6 is 0 Å². The van der Waals surface area contributed by atoms with E-state index in [1.807, 2.05) is 37.4 Å². The second-order valence-corrected chi connectivity index (χ2v) is 9.04. The molecule has 5 rings (SSSR count). The number of likely N-dealkylation sites (tertiary alicyclic amines) is 2. The molecule has 2 fully saturated rings. The molecule has 32 heavy (non-hydrogen) atoms. The van der Waals surface area contributed by atoms with E-state index in [9.17, 15) is 4.79 Å². The van der Waals surface area contributed by atoms with Crippen LogP contribution in [0.15, 0.2) is 41.2 Å². The molecule has 0 atom stereocenters. The second kappa shape index (κ2) is 9.51. The average Bonchev–Trinajstić information content (AvgIpc) is 2.74. The molecule has 0 aliphatic carbocycles. The van der Waals surface area contributed by atoms with Crippen LogP contribution in [0.5, 0.6) is 11.5 Å². The van der Waals surface area contributed by atoms with Gasteiger partial charge in [0.15, 0.2) is 0 Å². The number of hydrogen-bond acceptors (Lipinski definition) is 5. The van der Waals surface area contributed by atoms with Gasteiger partial charge in [-0.1, -0.05) is 0 Å². The molecule has 6 heteroatoms. The number of aromatic nitrogens is 1. The van der Waals surface area contributed by atoms with E-state index >= 15 is 0 Å². The summed E-state index contributed by atoms with van der Waals surface area (Å²) in [7, 11) is 1.83. The predicted octanol–water partition coefficient (Wildman–Crippen LogP) is 3.64. The van der Waals surface area contributed by atoms with Crippen molar-refractivity contribution in [1.82, 2.24) is 14.4 Å². The van der Waals surface area contributed by atoms with E-state index in [1.165, 1.54) is 39.0 Å². The lowest BCUT2D eigenvalue weighted by Crippen LogP contribution is -2.38. The summed E-state index contributed by atoms with van der Waals surface area (Å²) in [6.45, 7) is 8.42. The van der Waals surface area contributed by atoms with Crippen LogP contribution in [-0.2, 0) is 7.05 Å². The molecule has 1 aromatic heterocycles. The third kappa shape index (κ3) is 4.48. The van der Waals surface area contributed by atoms with E-state index in [2.05, 4.69) is 15.9 Å². The van der Waals surface area contributed by atoms with Gasteiger partial charge in [0, 0.05) is 31.6 Å². The SMILES string of the molecule is Cn1c(=O)c2cc(OCCCN3CCC3)ccc2c2ccc(OCCCN3CCC3)cc21. The number of rotatable bonds is 10. The number of benzene rings is 2. The van der Waals surface area contributed by atoms with Gasteiger partial charge in [-0.15, -0.1) is 0 Å². The summed E-state index contributed by atoms with van der Waals surface area (Å²) in [6.07, 6.45) is 4.67. The number of ether oxygens (including phenoxy) is 2. The zero-order valence-electron chi connectivity index (χ0n) is 19.0. The first-order chi connectivity index (χ1) is 15.7. The van der Waals surface area contributed by atoms with Gasteiger partial charge >= 0.3 is 0 Å². The van der Waals surface area contributed by atoms with E-state index in [4.69, 9.17) is 9.47 Å². The van der Waals surface area contributed by atoms with Crippen molar-refractivity contribution >= 4 is 21.7 Å². The Labute approximate surface area is 189 Å². The van der Waals surface area contributed by atoms with Crippen LogP contribution in [0.1, 0.15) is 25.7 Å². The highest BCUT2D eigenvalue weighted by Crippen LogP contribution is 2.28. The minimum absolute atomic E-state index is 0.00605. The molecule has 0 bridgehead atoms. The molecule has 2 aliphatic heterocycles. The molecule has 2 aromatic carbocycles. The Morgan fingerprint density at radius 3 is 1.88 bits per heavy atom. The first-order valence-corrected chi connectivity index (χ1v) is 12.0. The lowest BCUT2D eigenvalue weighted by molar-refractivity contribution is 0.165. The van der Waals surface area contributed by atoms with Gasteiger partial charge in [-0.2, -0.15) is 0 Å². The Morgan fingerprint density at radius 1 is 0.750 bits per heavy atom. The zero-order valence-corrected chi connectivity index (χ0v) is 19.0. The van der Waals surface area contributed by atoms with Crippen LogP contribution in [0.3, 0.4) is 0 Å². The van der Waals surface area contributed by atoms with Crippen molar-refractivity contribution in [2.24, 2.45) is 7.05 Å². The summed E-state index contributed by atoms with van der Waals surface area (Å²) in [4.78, 5) is 18.0. The molecule has 0 saturated carbocycles. The molecule has 3 aromatic rings. The maximum absolute atomic E-state index is 13.1. The summed E-state index contributed by atoms with van der Waals surface area (Å²) in [5, 5.41) is 2.71. The molecule has 2 aliphatic rings. The molecule has 3 heterocycles. The first kappa shape index (κ1) is 21.3. The summed E-state index contributed by atoms with van der Waals surface area (Å²) >= 11 is 0. The highest BCUT2D eigenvalue weighted by Gasteiger charge is 2.14. The third-order valence-corrected chi connectivity index (χ3v) is 6.82. The molecule has 0 unspecified atom stereocenters. The minimum atomic E-state index is -0.00605. The van der Waals surface area contributed by atoms with Crippen molar-refractivity contribution in [2.75, 3.05) is 52.5 Å². The van der Waals surface area contributed by atoms with Crippen LogP contribution in [0, 0.1) is 0 Å². The van der Waals surface area contributed by atoms with Gasteiger partial charge in [-0.05, 0) is 87.6 Å². The number of pyridine rings is 1. The Morgan fingerprint density at radius 2 is 1.31 bits per heavy atom. The predicted molar refractivity (Wildman–Crippen MR) is 129 cm³/mol. The van der Waals surface area contributed by atoms with Gasteiger partial charge in [0.2, 0.25) is 0 Å². The number of aryl methyl sites for hydroxylation is 1. The van der Waals surface area contributed by atoms with E-state index in [0.717, 1.165) is 53.7 Å². The largest absolute Gasteiger partial charge is 0.494 e. The standard InChI is InChI=1S/C26H33N3O3/c1-27-25-19-21(32-17-5-15-29-12-3-13-29)7-9-23(25)22-8-6-20(18-24(22)26(27)30)31-16-4-14-28-10-2-11-28/h6-9,18-19H,2-5,10-17H2,1H3. The molecule has 6 nitrogen and oxygen atoms in total. The average molecular weight is 436 g/mol. The molecule has 0 N–H and O–H groups in total. The number of fused-ring (bicyclic) bond motifs is 3. The van der Waals surface area contributed by atoms with Crippen LogP contribution in [0.4, 0.5) is 0 Å². The quantitative estimate of drug-likeness (QED) is 0.359. The van der Waals surface area contributed by atoms with E-state index in [0.29, 0.717) is 18.6 Å². The molecule has 0 radical (unpaired) electrons. The fourth-order valence-corrected chi connectivity index (χ4v) is 4.59. The van der Waals surface area contributed by atoms with Crippen molar-refractivity contribution in [2.45, 2.75) is 25.7 Å². The lowest BCUT2D eigenvalue weighted by Gasteiger charge is -2.30. The van der Waals surface area contributed by atoms with Gasteiger partial charge in [0.1, 0.15) is 11.5 Å². The van der Waals surface area contributed by atoms with Gasteiger partial charge < -0.3 is 23.8 Å². The smallest absolute Gasteiger partial charge is 0.258 e. The van der Waals surface area contributed by atoms with E-state index in [-0.39, 0.29) is 5.56 Å². The summed E-state index contributed by atoms with van der Waals surface area (Å²) < 4.78 is 13.6. The van der Waals surface area contributed by atoms with Crippen molar-refractivity contribution in [3.05, 3.63) is 46.8 Å². The van der Waals surface area contributed by atoms with Gasteiger partial charge in [0.25, 0.3) is 5.56 Å². The third-order valence-electron chi connectivity index (χ3n) is 6.82. The van der Waals surface area contributed by atoms with E-state index < -0.39 is 0 Å². The summed E-state index contributed by atoms with van der Waals surface area (Å²) in [6, 6.07) is 11.9. The van der Waals surface area contributed by atoms with Crippen LogP contribution < -0.4 is 15.0 Å². The molecule has 170 valence electrons. The monoisotopic (exact) mass is 435 g/mol. The lowest BCUT2D eigenvalue weighted by atomic mass is 10.1. The fraction of sp³-hybridized carbons (Fsp3) is 0.500. The number of nitrogens with zero attached hydrogens (tertiary/aromatic N) is 3. The highest BCUT2D eigenvalue weighted by atomic mass is 16.5. The second-order valence-electron chi connectivity index (χ2n) is 9.04. The van der Waals surface area contributed by atoms with Gasteiger partial charge in [0.05, 0.1) is 24.1 Å². The normalized spacial score (nSPS) is 16.8. The topological polar surface area (TPSA) is 46.9 Å². The maximum Gasteiger partial charge on any atom is 0.258 e. The Kier molecular flexibility index (Phi) is 6.32. The van der Waals surface area contributed by atoms with Gasteiger partial charge in [-0.25, -0.2) is 0 Å². The molecular formula is C26H33N3O3.